The molecule has 52 heavy (non-hydrogen) atoms. The number of likely N-dealkylation sites (tertiary alicyclic amines) is 1. The van der Waals surface area contributed by atoms with Crippen molar-refractivity contribution >= 4 is 23.9 Å². The Labute approximate surface area is 306 Å². The molecule has 1 fully saturated rings. The van der Waals surface area contributed by atoms with Crippen molar-refractivity contribution in [2.24, 2.45) is 5.92 Å². The number of carbonyl (C=O) groups is 4. The zero-order chi connectivity index (χ0) is 37.5. The highest BCUT2D eigenvalue weighted by molar-refractivity contribution is 5.94. The third-order valence-electron chi connectivity index (χ3n) is 9.52. The lowest BCUT2D eigenvalue weighted by Crippen LogP contribution is -2.59. The number of piperidine rings is 1. The van der Waals surface area contributed by atoms with Crippen LogP contribution >= 0.6 is 0 Å². The Morgan fingerprint density at radius 1 is 0.962 bits per heavy atom. The first-order valence-electron chi connectivity index (χ1n) is 18.2. The van der Waals surface area contributed by atoms with Gasteiger partial charge in [-0.15, -0.1) is 0 Å². The minimum atomic E-state index is -1.37. The first kappa shape index (κ1) is 38.5. The summed E-state index contributed by atoms with van der Waals surface area (Å²) in [5, 5.41) is 5.40. The van der Waals surface area contributed by atoms with Gasteiger partial charge in [0.15, 0.2) is 5.78 Å². The summed E-state index contributed by atoms with van der Waals surface area (Å²) in [4.78, 5) is 59.2. The van der Waals surface area contributed by atoms with Crippen molar-refractivity contribution in [2.75, 3.05) is 19.7 Å². The Bertz CT molecular complexity index is 1690. The summed E-state index contributed by atoms with van der Waals surface area (Å²) in [7, 11) is 0. The average molecular weight is 716 g/mol. The van der Waals surface area contributed by atoms with E-state index >= 15 is 0 Å². The standard InChI is InChI=1S/C40H53N5O7/c1-27-18-20-44(21-19-27)38(49)51-34-22-29-14-10-11-15-31(29)35(34)45-23-30(41-26-45)16-17-33(46)32(25-50-24-28-12-8-7-9-13-28)42-36(47)40(5,6)43-37(48)52-39(2,3)4/h7-15,23,26-27,32,34-35H,16-22,24-25H2,1-6H3,(H,42,47)(H,43,48)/t32-,34+,35+/m1/s1. The molecule has 3 amide bonds. The van der Waals surface area contributed by atoms with Crippen molar-refractivity contribution in [1.82, 2.24) is 25.1 Å². The summed E-state index contributed by atoms with van der Waals surface area (Å²) in [6.45, 7) is 12.1. The molecule has 1 aliphatic carbocycles. The van der Waals surface area contributed by atoms with Gasteiger partial charge in [-0.05, 0) is 76.5 Å². The molecule has 2 N–H and O–H groups in total. The van der Waals surface area contributed by atoms with Crippen molar-refractivity contribution in [2.45, 2.75) is 110 Å². The maximum absolute atomic E-state index is 13.7. The monoisotopic (exact) mass is 715 g/mol. The van der Waals surface area contributed by atoms with Crippen molar-refractivity contribution in [1.29, 1.82) is 0 Å². The van der Waals surface area contributed by atoms with Gasteiger partial charge in [0.05, 0.1) is 31.3 Å². The van der Waals surface area contributed by atoms with Crippen LogP contribution in [0.15, 0.2) is 67.1 Å². The van der Waals surface area contributed by atoms with Crippen LogP contribution in [0.1, 0.15) is 89.2 Å². The van der Waals surface area contributed by atoms with E-state index in [4.69, 9.17) is 14.2 Å². The van der Waals surface area contributed by atoms with Crippen LogP contribution in [0.2, 0.25) is 0 Å². The maximum atomic E-state index is 13.7. The topological polar surface area (TPSA) is 141 Å². The van der Waals surface area contributed by atoms with Crippen LogP contribution in [0.3, 0.4) is 0 Å². The predicted molar refractivity (Wildman–Crippen MR) is 196 cm³/mol. The van der Waals surface area contributed by atoms with Gasteiger partial charge < -0.3 is 34.3 Å². The molecule has 0 spiro atoms. The molecular formula is C40H53N5O7. The molecule has 1 saturated heterocycles. The van der Waals surface area contributed by atoms with E-state index in [1.807, 2.05) is 53.2 Å². The van der Waals surface area contributed by atoms with Gasteiger partial charge in [0, 0.05) is 32.1 Å². The number of alkyl carbamates (subject to hydrolysis) is 1. The van der Waals surface area contributed by atoms with Gasteiger partial charge >= 0.3 is 12.2 Å². The fourth-order valence-electron chi connectivity index (χ4n) is 6.52. The predicted octanol–water partition coefficient (Wildman–Crippen LogP) is 5.77. The van der Waals surface area contributed by atoms with Crippen LogP contribution in [-0.4, -0.2) is 81.3 Å². The van der Waals surface area contributed by atoms with Crippen LogP contribution in [-0.2, 0) is 43.2 Å². The third kappa shape index (κ3) is 10.4. The molecule has 3 atom stereocenters. The molecule has 12 nitrogen and oxygen atoms in total. The number of aryl methyl sites for hydroxylation is 1. The summed E-state index contributed by atoms with van der Waals surface area (Å²) in [6.07, 6.45) is 5.15. The lowest BCUT2D eigenvalue weighted by molar-refractivity contribution is -0.132. The molecule has 2 aromatic carbocycles. The number of nitrogens with zero attached hydrogens (tertiary/aromatic N) is 3. The smallest absolute Gasteiger partial charge is 0.410 e. The van der Waals surface area contributed by atoms with Gasteiger partial charge in [-0.25, -0.2) is 14.6 Å². The number of amides is 3. The second kappa shape index (κ2) is 16.8. The van der Waals surface area contributed by atoms with Crippen molar-refractivity contribution in [3.05, 3.63) is 89.5 Å². The highest BCUT2D eigenvalue weighted by atomic mass is 16.6. The van der Waals surface area contributed by atoms with Gasteiger partial charge in [0.1, 0.15) is 23.3 Å². The van der Waals surface area contributed by atoms with Gasteiger partial charge in [-0.1, -0.05) is 61.5 Å². The molecule has 0 saturated carbocycles. The minimum Gasteiger partial charge on any atom is -0.444 e. The van der Waals surface area contributed by atoms with E-state index in [0.717, 1.165) is 29.5 Å². The number of imidazole rings is 1. The highest BCUT2D eigenvalue weighted by Crippen LogP contribution is 2.37. The molecule has 5 rings (SSSR count). The molecule has 1 aliphatic heterocycles. The SMILES string of the molecule is CC1CCN(C(=O)O[C@H]2Cc3ccccc3[C@@H]2n2cnc(CCC(=O)[C@@H](COCc3ccccc3)NC(=O)C(C)(C)NC(=O)OC(C)(C)C)c2)CC1. The molecule has 0 unspecified atom stereocenters. The molecule has 3 aromatic rings. The lowest BCUT2D eigenvalue weighted by atomic mass is 10.00. The Hall–Kier alpha value is -4.71. The highest BCUT2D eigenvalue weighted by Gasteiger charge is 2.38. The number of ketones is 1. The zero-order valence-electron chi connectivity index (χ0n) is 31.2. The molecule has 280 valence electrons. The number of hydrogen-bond acceptors (Lipinski definition) is 8. The molecule has 12 heteroatoms. The van der Waals surface area contributed by atoms with Gasteiger partial charge in [-0.2, -0.15) is 0 Å². The van der Waals surface area contributed by atoms with Crippen LogP contribution in [0.5, 0.6) is 0 Å². The van der Waals surface area contributed by atoms with E-state index in [0.29, 0.717) is 37.5 Å². The number of aromatic nitrogens is 2. The van der Waals surface area contributed by atoms with Crippen LogP contribution in [0.25, 0.3) is 0 Å². The summed E-state index contributed by atoms with van der Waals surface area (Å²) >= 11 is 0. The number of rotatable bonds is 13. The summed E-state index contributed by atoms with van der Waals surface area (Å²) < 4.78 is 19.4. The van der Waals surface area contributed by atoms with Crippen molar-refractivity contribution in [3.8, 4) is 0 Å². The number of carbonyl (C=O) groups excluding carboxylic acids is 4. The molecular weight excluding hydrogens is 662 g/mol. The second-order valence-electron chi connectivity index (χ2n) is 15.5. The second-order valence-corrected chi connectivity index (χ2v) is 15.5. The van der Waals surface area contributed by atoms with Crippen LogP contribution < -0.4 is 10.6 Å². The zero-order valence-corrected chi connectivity index (χ0v) is 31.2. The summed E-state index contributed by atoms with van der Waals surface area (Å²) in [5.41, 5.74) is 1.71. The summed E-state index contributed by atoms with van der Waals surface area (Å²) in [6, 6.07) is 16.4. The van der Waals surface area contributed by atoms with E-state index in [2.05, 4.69) is 34.7 Å². The van der Waals surface area contributed by atoms with E-state index in [1.54, 1.807) is 45.8 Å². The molecule has 0 bridgehead atoms. The number of hydrogen-bond donors (Lipinski definition) is 2. The first-order chi connectivity index (χ1) is 24.7. The number of benzene rings is 2. The maximum Gasteiger partial charge on any atom is 0.410 e. The van der Waals surface area contributed by atoms with Crippen molar-refractivity contribution in [3.63, 3.8) is 0 Å². The quantitative estimate of drug-likeness (QED) is 0.227. The number of ether oxygens (including phenoxy) is 3. The molecule has 0 radical (unpaired) electrons. The van der Waals surface area contributed by atoms with Gasteiger partial charge in [-0.3, -0.25) is 9.59 Å². The van der Waals surface area contributed by atoms with Gasteiger partial charge in [0.25, 0.3) is 0 Å². The Morgan fingerprint density at radius 3 is 2.37 bits per heavy atom. The minimum absolute atomic E-state index is 0.0573. The lowest BCUT2D eigenvalue weighted by Gasteiger charge is -2.31. The Morgan fingerprint density at radius 2 is 1.65 bits per heavy atom. The van der Waals surface area contributed by atoms with E-state index in [1.165, 1.54) is 0 Å². The Balaban J connectivity index is 1.25. The van der Waals surface area contributed by atoms with Crippen LogP contribution in [0, 0.1) is 5.92 Å². The normalized spacial score (nSPS) is 18.3. The summed E-state index contributed by atoms with van der Waals surface area (Å²) in [5.74, 6) is -0.188. The molecule has 2 aliphatic rings. The fourth-order valence-corrected chi connectivity index (χ4v) is 6.52. The average Bonchev–Trinajstić information content (AvgIpc) is 3.70. The van der Waals surface area contributed by atoms with E-state index < -0.39 is 35.3 Å². The number of fused-ring (bicyclic) bond motifs is 1. The fraction of sp³-hybridized carbons (Fsp3) is 0.525. The van der Waals surface area contributed by atoms with Gasteiger partial charge in [0.2, 0.25) is 5.91 Å². The largest absolute Gasteiger partial charge is 0.444 e. The number of Topliss-reactive ketones (excluding diaryl/α,β-unsaturated/α-hetero) is 1. The van der Waals surface area contributed by atoms with Crippen molar-refractivity contribution < 1.29 is 33.4 Å². The molecule has 2 heterocycles. The number of nitrogens with one attached hydrogen (secondary N) is 2. The molecule has 1 aromatic heterocycles. The third-order valence-corrected chi connectivity index (χ3v) is 9.52. The van der Waals surface area contributed by atoms with E-state index in [-0.39, 0.29) is 37.6 Å². The van der Waals surface area contributed by atoms with E-state index in [9.17, 15) is 19.2 Å². The van der Waals surface area contributed by atoms with Crippen LogP contribution in [0.4, 0.5) is 9.59 Å². The Kier molecular flexibility index (Phi) is 12.4. The first-order valence-corrected chi connectivity index (χ1v) is 18.2.